The summed E-state index contributed by atoms with van der Waals surface area (Å²) in [6.07, 6.45) is 12.6. The second-order valence-corrected chi connectivity index (χ2v) is 6.07. The summed E-state index contributed by atoms with van der Waals surface area (Å²) in [6.45, 7) is 11.9. The van der Waals surface area contributed by atoms with Crippen molar-refractivity contribution in [2.45, 2.75) is 92.4 Å². The highest BCUT2D eigenvalue weighted by Gasteiger charge is 2.27. The molecular weight excluding hydrogens is 192 g/mol. The first kappa shape index (κ1) is 16.0. The second kappa shape index (κ2) is 9.07. The Balaban J connectivity index is 4.12. The molecule has 0 radical (unpaired) electrons. The maximum atomic E-state index is 2.50. The molecule has 0 nitrogen and oxygen atoms in total. The highest BCUT2D eigenvalue weighted by Crippen LogP contribution is 2.38. The first-order valence-electron chi connectivity index (χ1n) is 7.58. The average molecular weight is 226 g/mol. The van der Waals surface area contributed by atoms with E-state index in [1.165, 1.54) is 57.8 Å². The van der Waals surface area contributed by atoms with Crippen LogP contribution in [0.3, 0.4) is 0 Å². The number of hydrogen-bond acceptors (Lipinski definition) is 0. The summed E-state index contributed by atoms with van der Waals surface area (Å²) < 4.78 is 0. The van der Waals surface area contributed by atoms with Gasteiger partial charge in [-0.2, -0.15) is 0 Å². The van der Waals surface area contributed by atoms with Crippen LogP contribution in [0.2, 0.25) is 0 Å². The van der Waals surface area contributed by atoms with Gasteiger partial charge in [0.05, 0.1) is 0 Å². The third kappa shape index (κ3) is 6.55. The van der Waals surface area contributed by atoms with Crippen molar-refractivity contribution in [3.8, 4) is 0 Å². The molecule has 0 spiro atoms. The maximum Gasteiger partial charge on any atom is -0.0326 e. The van der Waals surface area contributed by atoms with Gasteiger partial charge in [0.25, 0.3) is 0 Å². The van der Waals surface area contributed by atoms with Gasteiger partial charge in [-0.15, -0.1) is 0 Å². The van der Waals surface area contributed by atoms with E-state index in [9.17, 15) is 0 Å². The molecule has 0 bridgehead atoms. The van der Waals surface area contributed by atoms with E-state index in [0.717, 1.165) is 5.92 Å². The molecule has 0 heterocycles. The smallest absolute Gasteiger partial charge is 0.0326 e. The predicted octanol–water partition coefficient (Wildman–Crippen LogP) is 6.20. The van der Waals surface area contributed by atoms with Gasteiger partial charge in [0.2, 0.25) is 0 Å². The van der Waals surface area contributed by atoms with E-state index in [2.05, 4.69) is 34.6 Å². The van der Waals surface area contributed by atoms with Crippen LogP contribution in [0.4, 0.5) is 0 Å². The Morgan fingerprint density at radius 3 is 1.88 bits per heavy atom. The number of rotatable bonds is 10. The van der Waals surface area contributed by atoms with Gasteiger partial charge in [0.1, 0.15) is 0 Å². The van der Waals surface area contributed by atoms with Crippen molar-refractivity contribution in [1.82, 2.24) is 0 Å². The van der Waals surface area contributed by atoms with Crippen molar-refractivity contribution in [1.29, 1.82) is 0 Å². The molecule has 0 N–H and O–H groups in total. The summed E-state index contributed by atoms with van der Waals surface area (Å²) in [4.78, 5) is 0. The molecule has 0 saturated carbocycles. The van der Waals surface area contributed by atoms with Gasteiger partial charge in [0, 0.05) is 0 Å². The number of unbranched alkanes of at least 4 members (excludes halogenated alkanes) is 3. The van der Waals surface area contributed by atoms with Crippen LogP contribution in [0.1, 0.15) is 92.4 Å². The van der Waals surface area contributed by atoms with Gasteiger partial charge in [-0.1, -0.05) is 79.6 Å². The Morgan fingerprint density at radius 1 is 0.750 bits per heavy atom. The molecule has 1 atom stereocenters. The minimum atomic E-state index is 0.570. The van der Waals surface area contributed by atoms with E-state index in [1.807, 2.05) is 0 Å². The Bertz CT molecular complexity index is 146. The van der Waals surface area contributed by atoms with E-state index in [1.54, 1.807) is 0 Å². The molecule has 0 aliphatic heterocycles. The van der Waals surface area contributed by atoms with Crippen LogP contribution >= 0.6 is 0 Å². The molecule has 0 rings (SSSR count). The van der Waals surface area contributed by atoms with Crippen molar-refractivity contribution < 1.29 is 0 Å². The molecule has 1 unspecified atom stereocenters. The quantitative estimate of drug-likeness (QED) is 0.389. The number of hydrogen-bond donors (Lipinski definition) is 0. The first-order chi connectivity index (χ1) is 7.58. The standard InChI is InChI=1S/C16H34/c1-6-9-11-14-16(4,5)15(12-8-3)13-10-7-2/h15H,6-14H2,1-5H3. The summed E-state index contributed by atoms with van der Waals surface area (Å²) in [5, 5.41) is 0. The van der Waals surface area contributed by atoms with Crippen LogP contribution < -0.4 is 0 Å². The van der Waals surface area contributed by atoms with Crippen LogP contribution in [0.25, 0.3) is 0 Å². The molecule has 0 fully saturated rings. The molecule has 16 heavy (non-hydrogen) atoms. The summed E-state index contributed by atoms with van der Waals surface area (Å²) in [7, 11) is 0. The normalized spacial score (nSPS) is 14.1. The predicted molar refractivity (Wildman–Crippen MR) is 75.8 cm³/mol. The highest BCUT2D eigenvalue weighted by molar-refractivity contribution is 4.78. The fraction of sp³-hybridized carbons (Fsp3) is 1.00. The molecule has 0 aromatic rings. The van der Waals surface area contributed by atoms with Gasteiger partial charge in [-0.25, -0.2) is 0 Å². The molecule has 98 valence electrons. The molecule has 0 aliphatic rings. The fourth-order valence-electron chi connectivity index (χ4n) is 2.76. The molecule has 0 aromatic carbocycles. The van der Waals surface area contributed by atoms with Crippen LogP contribution in [-0.2, 0) is 0 Å². The van der Waals surface area contributed by atoms with Crippen molar-refractivity contribution in [2.24, 2.45) is 11.3 Å². The monoisotopic (exact) mass is 226 g/mol. The lowest BCUT2D eigenvalue weighted by Crippen LogP contribution is -2.24. The molecule has 0 saturated heterocycles. The SMILES string of the molecule is CCCCCC(C)(C)C(CCC)CCCC. The summed E-state index contributed by atoms with van der Waals surface area (Å²) in [5.74, 6) is 0.953. The average Bonchev–Trinajstić information content (AvgIpc) is 2.24. The lowest BCUT2D eigenvalue weighted by atomic mass is 9.71. The molecule has 0 aliphatic carbocycles. The van der Waals surface area contributed by atoms with E-state index in [4.69, 9.17) is 0 Å². The summed E-state index contributed by atoms with van der Waals surface area (Å²) in [5.41, 5.74) is 0.570. The van der Waals surface area contributed by atoms with Crippen LogP contribution in [0.5, 0.6) is 0 Å². The molecular formula is C16H34. The minimum Gasteiger partial charge on any atom is -0.0654 e. The highest BCUT2D eigenvalue weighted by atomic mass is 14.3. The zero-order valence-electron chi connectivity index (χ0n) is 12.4. The fourth-order valence-corrected chi connectivity index (χ4v) is 2.76. The zero-order chi connectivity index (χ0) is 12.4. The largest absolute Gasteiger partial charge is 0.0654 e. The summed E-state index contributed by atoms with van der Waals surface area (Å²) >= 11 is 0. The second-order valence-electron chi connectivity index (χ2n) is 6.07. The van der Waals surface area contributed by atoms with E-state index < -0.39 is 0 Å². The zero-order valence-corrected chi connectivity index (χ0v) is 12.4. The van der Waals surface area contributed by atoms with Gasteiger partial charge < -0.3 is 0 Å². The van der Waals surface area contributed by atoms with Gasteiger partial charge >= 0.3 is 0 Å². The third-order valence-corrected chi connectivity index (χ3v) is 4.07. The Labute approximate surface area is 104 Å². The topological polar surface area (TPSA) is 0 Å². The lowest BCUT2D eigenvalue weighted by Gasteiger charge is -2.35. The Morgan fingerprint density at radius 2 is 1.38 bits per heavy atom. The summed E-state index contributed by atoms with van der Waals surface area (Å²) in [6, 6.07) is 0. The van der Waals surface area contributed by atoms with E-state index in [-0.39, 0.29) is 0 Å². The molecule has 0 amide bonds. The van der Waals surface area contributed by atoms with E-state index >= 15 is 0 Å². The van der Waals surface area contributed by atoms with Crippen molar-refractivity contribution >= 4 is 0 Å². The van der Waals surface area contributed by atoms with Crippen LogP contribution in [0, 0.1) is 11.3 Å². The first-order valence-corrected chi connectivity index (χ1v) is 7.58. The van der Waals surface area contributed by atoms with Crippen molar-refractivity contribution in [3.05, 3.63) is 0 Å². The van der Waals surface area contributed by atoms with Gasteiger partial charge in [-0.05, 0) is 24.2 Å². The molecule has 0 heteroatoms. The van der Waals surface area contributed by atoms with E-state index in [0.29, 0.717) is 5.41 Å². The van der Waals surface area contributed by atoms with Crippen molar-refractivity contribution in [3.63, 3.8) is 0 Å². The van der Waals surface area contributed by atoms with Gasteiger partial charge in [0.15, 0.2) is 0 Å². The maximum absolute atomic E-state index is 2.50. The minimum absolute atomic E-state index is 0.570. The van der Waals surface area contributed by atoms with Crippen LogP contribution in [0.15, 0.2) is 0 Å². The Hall–Kier alpha value is 0. The molecule has 0 aromatic heterocycles. The Kier molecular flexibility index (Phi) is 9.07. The lowest BCUT2D eigenvalue weighted by molar-refractivity contribution is 0.162. The third-order valence-electron chi connectivity index (χ3n) is 4.07. The van der Waals surface area contributed by atoms with Crippen LogP contribution in [-0.4, -0.2) is 0 Å². The van der Waals surface area contributed by atoms with Gasteiger partial charge in [-0.3, -0.25) is 0 Å². The van der Waals surface area contributed by atoms with Crippen molar-refractivity contribution in [2.75, 3.05) is 0 Å².